The average Bonchev–Trinajstić information content (AvgIpc) is 3.46. The Labute approximate surface area is 190 Å². The number of aromatic nitrogens is 2. The summed E-state index contributed by atoms with van der Waals surface area (Å²) >= 11 is 1.18. The molecule has 4 aromatic rings. The Kier molecular flexibility index (Phi) is 5.21. The minimum absolute atomic E-state index is 0.161. The van der Waals surface area contributed by atoms with Crippen molar-refractivity contribution in [2.24, 2.45) is 0 Å². The monoisotopic (exact) mass is 467 g/mol. The molecule has 1 amide bonds. The number of thiophene rings is 1. The van der Waals surface area contributed by atoms with Gasteiger partial charge in [0.2, 0.25) is 12.7 Å². The molecule has 3 heterocycles. The minimum Gasteiger partial charge on any atom is -0.454 e. The SMILES string of the molecule is Cc1cc(F)ccc1-n1c(=O)c2sccc2n(CC(=O)NCc2ccc3c(c2)OCO3)c1=O. The molecule has 0 radical (unpaired) electrons. The lowest BCUT2D eigenvalue weighted by Gasteiger charge is -2.14. The zero-order valence-electron chi connectivity index (χ0n) is 17.5. The summed E-state index contributed by atoms with van der Waals surface area (Å²) in [6.07, 6.45) is 0. The summed E-state index contributed by atoms with van der Waals surface area (Å²) in [7, 11) is 0. The number of aryl methyl sites for hydroxylation is 1. The van der Waals surface area contributed by atoms with Crippen molar-refractivity contribution in [3.05, 3.63) is 85.6 Å². The average molecular weight is 467 g/mol. The Morgan fingerprint density at radius 1 is 1.12 bits per heavy atom. The highest BCUT2D eigenvalue weighted by molar-refractivity contribution is 7.17. The van der Waals surface area contributed by atoms with Crippen LogP contribution in [0.1, 0.15) is 11.1 Å². The number of rotatable bonds is 5. The van der Waals surface area contributed by atoms with Gasteiger partial charge >= 0.3 is 5.69 Å². The number of nitrogens with zero attached hydrogens (tertiary/aromatic N) is 2. The molecule has 1 aliphatic rings. The van der Waals surface area contributed by atoms with E-state index in [1.54, 1.807) is 30.5 Å². The number of carbonyl (C=O) groups is 1. The summed E-state index contributed by atoms with van der Waals surface area (Å²) in [5, 5.41) is 4.48. The third kappa shape index (κ3) is 3.78. The number of hydrogen-bond donors (Lipinski definition) is 1. The van der Waals surface area contributed by atoms with Crippen LogP contribution in [0.5, 0.6) is 11.5 Å². The lowest BCUT2D eigenvalue weighted by Crippen LogP contribution is -2.41. The second kappa shape index (κ2) is 8.21. The molecule has 168 valence electrons. The standard InChI is InChI=1S/C23H18FN3O5S/c1-13-8-15(24)3-4-16(13)27-22(29)21-17(6-7-33-21)26(23(27)30)11-20(28)25-10-14-2-5-18-19(9-14)32-12-31-18/h2-9H,10-12H2,1H3,(H,25,28). The predicted molar refractivity (Wildman–Crippen MR) is 121 cm³/mol. The van der Waals surface area contributed by atoms with Gasteiger partial charge in [-0.25, -0.2) is 13.8 Å². The first-order chi connectivity index (χ1) is 15.9. The van der Waals surface area contributed by atoms with Gasteiger partial charge in [0.25, 0.3) is 5.56 Å². The van der Waals surface area contributed by atoms with Crippen molar-refractivity contribution in [3.8, 4) is 17.2 Å². The molecule has 1 N–H and O–H groups in total. The van der Waals surface area contributed by atoms with Crippen LogP contribution in [0, 0.1) is 12.7 Å². The van der Waals surface area contributed by atoms with E-state index in [0.29, 0.717) is 27.3 Å². The van der Waals surface area contributed by atoms with E-state index in [-0.39, 0.29) is 25.6 Å². The summed E-state index contributed by atoms with van der Waals surface area (Å²) in [6.45, 7) is 1.73. The van der Waals surface area contributed by atoms with Crippen LogP contribution in [0.25, 0.3) is 15.9 Å². The topological polar surface area (TPSA) is 91.6 Å². The highest BCUT2D eigenvalue weighted by Crippen LogP contribution is 2.32. The molecule has 0 spiro atoms. The number of halogens is 1. The zero-order valence-corrected chi connectivity index (χ0v) is 18.3. The fourth-order valence-electron chi connectivity index (χ4n) is 3.77. The lowest BCUT2D eigenvalue weighted by molar-refractivity contribution is -0.121. The second-order valence-electron chi connectivity index (χ2n) is 7.54. The summed E-state index contributed by atoms with van der Waals surface area (Å²) < 4.78 is 26.8. The van der Waals surface area contributed by atoms with Gasteiger partial charge in [-0.3, -0.25) is 14.2 Å². The van der Waals surface area contributed by atoms with E-state index in [2.05, 4.69) is 5.32 Å². The number of carbonyl (C=O) groups excluding carboxylic acids is 1. The predicted octanol–water partition coefficient (Wildman–Crippen LogP) is 2.71. The Bertz CT molecular complexity index is 1520. The van der Waals surface area contributed by atoms with Crippen molar-refractivity contribution in [3.63, 3.8) is 0 Å². The summed E-state index contributed by atoms with van der Waals surface area (Å²) in [5.74, 6) is 0.391. The number of ether oxygens (including phenoxy) is 2. The van der Waals surface area contributed by atoms with Crippen LogP contribution in [-0.4, -0.2) is 21.8 Å². The van der Waals surface area contributed by atoms with Gasteiger partial charge in [-0.05, 0) is 59.8 Å². The molecule has 10 heteroatoms. The Morgan fingerprint density at radius 2 is 1.94 bits per heavy atom. The first-order valence-corrected chi connectivity index (χ1v) is 10.9. The van der Waals surface area contributed by atoms with Crippen LogP contribution in [0.15, 0.2) is 57.4 Å². The maximum absolute atomic E-state index is 13.6. The largest absolute Gasteiger partial charge is 0.454 e. The van der Waals surface area contributed by atoms with Gasteiger partial charge in [0, 0.05) is 6.54 Å². The van der Waals surface area contributed by atoms with Gasteiger partial charge in [0.05, 0.1) is 11.2 Å². The summed E-state index contributed by atoms with van der Waals surface area (Å²) in [4.78, 5) is 39.1. The molecule has 0 saturated heterocycles. The fourth-order valence-corrected chi connectivity index (χ4v) is 4.60. The number of nitrogens with one attached hydrogen (secondary N) is 1. The van der Waals surface area contributed by atoms with Gasteiger partial charge in [-0.2, -0.15) is 0 Å². The molecule has 0 atom stereocenters. The smallest absolute Gasteiger partial charge is 0.336 e. The molecular weight excluding hydrogens is 449 g/mol. The molecular formula is C23H18FN3O5S. The molecule has 1 aliphatic heterocycles. The van der Waals surface area contributed by atoms with Crippen molar-refractivity contribution in [2.75, 3.05) is 6.79 Å². The van der Waals surface area contributed by atoms with E-state index < -0.39 is 23.0 Å². The minimum atomic E-state index is -0.668. The number of hydrogen-bond acceptors (Lipinski definition) is 6. The Balaban J connectivity index is 1.46. The fraction of sp³-hybridized carbons (Fsp3) is 0.174. The van der Waals surface area contributed by atoms with Crippen LogP contribution in [0.2, 0.25) is 0 Å². The van der Waals surface area contributed by atoms with Gasteiger partial charge in [0.1, 0.15) is 17.1 Å². The highest BCUT2D eigenvalue weighted by Gasteiger charge is 2.19. The van der Waals surface area contributed by atoms with Crippen molar-refractivity contribution < 1.29 is 18.7 Å². The second-order valence-corrected chi connectivity index (χ2v) is 8.46. The quantitative estimate of drug-likeness (QED) is 0.487. The van der Waals surface area contributed by atoms with Gasteiger partial charge < -0.3 is 14.8 Å². The lowest BCUT2D eigenvalue weighted by atomic mass is 10.2. The molecule has 0 fully saturated rings. The molecule has 0 bridgehead atoms. The third-order valence-electron chi connectivity index (χ3n) is 5.38. The van der Waals surface area contributed by atoms with E-state index in [1.807, 2.05) is 6.07 Å². The van der Waals surface area contributed by atoms with Crippen LogP contribution in [-0.2, 0) is 17.9 Å². The van der Waals surface area contributed by atoms with Gasteiger partial charge in [-0.1, -0.05) is 6.07 Å². The molecule has 8 nitrogen and oxygen atoms in total. The molecule has 2 aromatic heterocycles. The van der Waals surface area contributed by atoms with E-state index in [1.165, 1.54) is 34.1 Å². The Hall–Kier alpha value is -3.92. The Morgan fingerprint density at radius 3 is 2.76 bits per heavy atom. The molecule has 0 aliphatic carbocycles. The molecule has 0 unspecified atom stereocenters. The molecule has 33 heavy (non-hydrogen) atoms. The number of benzene rings is 2. The summed E-state index contributed by atoms with van der Waals surface area (Å²) in [6, 6.07) is 10.8. The highest BCUT2D eigenvalue weighted by atomic mass is 32.1. The van der Waals surface area contributed by atoms with E-state index >= 15 is 0 Å². The maximum Gasteiger partial charge on any atom is 0.336 e. The van der Waals surface area contributed by atoms with Crippen molar-refractivity contribution >= 4 is 27.5 Å². The van der Waals surface area contributed by atoms with Crippen LogP contribution in [0.4, 0.5) is 4.39 Å². The first kappa shape index (κ1) is 21.0. The van der Waals surface area contributed by atoms with Crippen molar-refractivity contribution in [1.82, 2.24) is 14.5 Å². The summed E-state index contributed by atoms with van der Waals surface area (Å²) in [5.41, 5.74) is 0.729. The third-order valence-corrected chi connectivity index (χ3v) is 6.27. The molecule has 2 aromatic carbocycles. The van der Waals surface area contributed by atoms with Gasteiger partial charge in [-0.15, -0.1) is 11.3 Å². The number of fused-ring (bicyclic) bond motifs is 2. The molecule has 0 saturated carbocycles. The molecule has 5 rings (SSSR count). The van der Waals surface area contributed by atoms with Crippen LogP contribution >= 0.6 is 11.3 Å². The number of amides is 1. The normalized spacial score (nSPS) is 12.3. The zero-order chi connectivity index (χ0) is 23.1. The van der Waals surface area contributed by atoms with Crippen LogP contribution in [0.3, 0.4) is 0 Å². The van der Waals surface area contributed by atoms with E-state index in [4.69, 9.17) is 9.47 Å². The van der Waals surface area contributed by atoms with Crippen molar-refractivity contribution in [1.29, 1.82) is 0 Å². The maximum atomic E-state index is 13.6. The van der Waals surface area contributed by atoms with E-state index in [0.717, 1.165) is 10.1 Å². The van der Waals surface area contributed by atoms with Crippen LogP contribution < -0.4 is 26.0 Å². The van der Waals surface area contributed by atoms with Gasteiger partial charge in [0.15, 0.2) is 11.5 Å². The first-order valence-electron chi connectivity index (χ1n) is 10.1. The van der Waals surface area contributed by atoms with Crippen molar-refractivity contribution in [2.45, 2.75) is 20.0 Å². The van der Waals surface area contributed by atoms with E-state index in [9.17, 15) is 18.8 Å².